The summed E-state index contributed by atoms with van der Waals surface area (Å²) in [7, 11) is 0. The highest BCUT2D eigenvalue weighted by Gasteiger charge is 2.37. The van der Waals surface area contributed by atoms with Gasteiger partial charge in [0.1, 0.15) is 0 Å². The predicted molar refractivity (Wildman–Crippen MR) is 68.8 cm³/mol. The molecule has 2 heterocycles. The third-order valence-corrected chi connectivity index (χ3v) is 3.58. The van der Waals surface area contributed by atoms with E-state index < -0.39 is 0 Å². The van der Waals surface area contributed by atoms with Crippen molar-refractivity contribution in [1.82, 2.24) is 4.90 Å². The number of ether oxygens (including phenoxy) is 1. The van der Waals surface area contributed by atoms with Gasteiger partial charge in [-0.3, -0.25) is 4.90 Å². The van der Waals surface area contributed by atoms with E-state index in [-0.39, 0.29) is 5.79 Å². The summed E-state index contributed by atoms with van der Waals surface area (Å²) in [5.74, 6) is -0.373. The van der Waals surface area contributed by atoms with E-state index in [1.165, 1.54) is 0 Å². The van der Waals surface area contributed by atoms with Crippen molar-refractivity contribution in [3.05, 3.63) is 35.0 Å². The molecular formula is C14H19N3O. The Morgan fingerprint density at radius 2 is 1.78 bits per heavy atom. The quantitative estimate of drug-likeness (QED) is 0.787. The van der Waals surface area contributed by atoms with Crippen LogP contribution < -0.4 is 10.7 Å². The first-order chi connectivity index (χ1) is 8.84. The number of nitrogens with zero attached hydrogens (tertiary/aromatic N) is 3. The normalized spacial score (nSPS) is 22.1. The van der Waals surface area contributed by atoms with Crippen LogP contribution in [-0.4, -0.2) is 37.0 Å². The fraction of sp³-hybridized carbons (Fsp3) is 0.571. The van der Waals surface area contributed by atoms with Crippen LogP contribution in [0.5, 0.6) is 0 Å². The predicted octanol–water partition coefficient (Wildman–Crippen LogP) is 0.725. The molecule has 0 atom stereocenters. The third kappa shape index (κ3) is 1.95. The van der Waals surface area contributed by atoms with Crippen LogP contribution in [0.1, 0.15) is 19.8 Å². The van der Waals surface area contributed by atoms with Gasteiger partial charge in [0.25, 0.3) is 0 Å². The van der Waals surface area contributed by atoms with Gasteiger partial charge in [0.2, 0.25) is 5.79 Å². The molecule has 0 bridgehead atoms. The molecule has 2 aliphatic heterocycles. The Kier molecular flexibility index (Phi) is 3.14. The average molecular weight is 245 g/mol. The maximum absolute atomic E-state index is 5.43. The summed E-state index contributed by atoms with van der Waals surface area (Å²) in [5.41, 5.74) is 0. The maximum Gasteiger partial charge on any atom is 0.208 e. The van der Waals surface area contributed by atoms with Crippen LogP contribution in [0.25, 0.3) is 0 Å². The molecule has 0 unspecified atom stereocenters. The first-order valence-corrected chi connectivity index (χ1v) is 6.72. The number of benzene rings is 1. The first-order valence-electron chi connectivity index (χ1n) is 6.72. The highest BCUT2D eigenvalue weighted by molar-refractivity contribution is 5.07. The molecule has 0 saturated carbocycles. The number of hydrogen-bond acceptors (Lipinski definition) is 4. The Morgan fingerprint density at radius 1 is 1.17 bits per heavy atom. The van der Waals surface area contributed by atoms with Crippen LogP contribution in [0.15, 0.2) is 34.3 Å². The lowest BCUT2D eigenvalue weighted by atomic mass is 10.1. The minimum Gasteiger partial charge on any atom is -0.379 e. The van der Waals surface area contributed by atoms with Gasteiger partial charge in [-0.2, -0.15) is 0 Å². The van der Waals surface area contributed by atoms with Gasteiger partial charge >= 0.3 is 0 Å². The highest BCUT2D eigenvalue weighted by atomic mass is 16.5. The molecular weight excluding hydrogens is 226 g/mol. The van der Waals surface area contributed by atoms with Crippen LogP contribution in [-0.2, 0) is 4.74 Å². The molecule has 2 aliphatic rings. The van der Waals surface area contributed by atoms with Gasteiger partial charge in [0.05, 0.1) is 23.9 Å². The van der Waals surface area contributed by atoms with E-state index in [1.54, 1.807) is 0 Å². The molecule has 0 spiro atoms. The SMILES string of the molecule is CCCC1(N2CCOCC2)N=c2ccccc2=N1. The molecule has 0 N–H and O–H groups in total. The molecule has 18 heavy (non-hydrogen) atoms. The van der Waals surface area contributed by atoms with E-state index in [9.17, 15) is 0 Å². The molecule has 0 amide bonds. The van der Waals surface area contributed by atoms with Crippen LogP contribution in [0.2, 0.25) is 0 Å². The lowest BCUT2D eigenvalue weighted by molar-refractivity contribution is -0.0208. The van der Waals surface area contributed by atoms with Crippen molar-refractivity contribution in [2.75, 3.05) is 26.3 Å². The zero-order chi connectivity index (χ0) is 12.4. The molecule has 3 rings (SSSR count). The van der Waals surface area contributed by atoms with Crippen LogP contribution >= 0.6 is 0 Å². The average Bonchev–Trinajstić information content (AvgIpc) is 2.79. The Labute approximate surface area is 107 Å². The number of para-hydroxylation sites is 2. The molecule has 0 aliphatic carbocycles. The fourth-order valence-corrected chi connectivity index (χ4v) is 2.73. The van der Waals surface area contributed by atoms with Gasteiger partial charge in [-0.1, -0.05) is 25.5 Å². The smallest absolute Gasteiger partial charge is 0.208 e. The molecule has 96 valence electrons. The monoisotopic (exact) mass is 245 g/mol. The number of fused-ring (bicyclic) bond motifs is 1. The number of morpholine rings is 1. The summed E-state index contributed by atoms with van der Waals surface area (Å²) in [6.45, 7) is 5.60. The Hall–Kier alpha value is -1.26. The molecule has 4 nitrogen and oxygen atoms in total. The van der Waals surface area contributed by atoms with Crippen molar-refractivity contribution in [3.8, 4) is 0 Å². The van der Waals surface area contributed by atoms with Gasteiger partial charge in [0.15, 0.2) is 0 Å². The topological polar surface area (TPSA) is 37.2 Å². The number of hydrogen-bond donors (Lipinski definition) is 0. The van der Waals surface area contributed by atoms with Gasteiger partial charge in [-0.05, 0) is 12.1 Å². The first kappa shape index (κ1) is 11.8. The molecule has 0 aromatic heterocycles. The summed E-state index contributed by atoms with van der Waals surface area (Å²) in [6, 6.07) is 8.16. The van der Waals surface area contributed by atoms with Crippen molar-refractivity contribution in [3.63, 3.8) is 0 Å². The van der Waals surface area contributed by atoms with Gasteiger partial charge in [-0.25, -0.2) is 9.98 Å². The molecule has 0 radical (unpaired) electrons. The highest BCUT2D eigenvalue weighted by Crippen LogP contribution is 2.26. The van der Waals surface area contributed by atoms with Crippen LogP contribution in [0.3, 0.4) is 0 Å². The molecule has 1 aromatic carbocycles. The zero-order valence-electron chi connectivity index (χ0n) is 10.8. The van der Waals surface area contributed by atoms with E-state index >= 15 is 0 Å². The van der Waals surface area contributed by atoms with E-state index in [0.29, 0.717) is 0 Å². The van der Waals surface area contributed by atoms with Gasteiger partial charge < -0.3 is 4.74 Å². The second-order valence-corrected chi connectivity index (χ2v) is 4.84. The van der Waals surface area contributed by atoms with E-state index in [0.717, 1.165) is 49.9 Å². The lowest BCUT2D eigenvalue weighted by Gasteiger charge is -2.38. The summed E-state index contributed by atoms with van der Waals surface area (Å²) in [5, 5.41) is 2.05. The summed E-state index contributed by atoms with van der Waals surface area (Å²) < 4.78 is 5.43. The van der Waals surface area contributed by atoms with E-state index in [4.69, 9.17) is 14.7 Å². The molecule has 1 saturated heterocycles. The Bertz CT molecular complexity index is 499. The van der Waals surface area contributed by atoms with Crippen molar-refractivity contribution in [1.29, 1.82) is 0 Å². The molecule has 1 fully saturated rings. The van der Waals surface area contributed by atoms with Crippen molar-refractivity contribution in [2.45, 2.75) is 25.6 Å². The Morgan fingerprint density at radius 3 is 2.33 bits per heavy atom. The van der Waals surface area contributed by atoms with Crippen molar-refractivity contribution >= 4 is 0 Å². The van der Waals surface area contributed by atoms with Crippen molar-refractivity contribution < 1.29 is 4.74 Å². The minimum absolute atomic E-state index is 0.373. The third-order valence-electron chi connectivity index (χ3n) is 3.58. The second kappa shape index (κ2) is 4.78. The van der Waals surface area contributed by atoms with E-state index in [2.05, 4.69) is 24.0 Å². The lowest BCUT2D eigenvalue weighted by Crippen LogP contribution is -2.51. The van der Waals surface area contributed by atoms with Gasteiger partial charge in [-0.15, -0.1) is 0 Å². The largest absolute Gasteiger partial charge is 0.379 e. The Balaban J connectivity index is 2.01. The fourth-order valence-electron chi connectivity index (χ4n) is 2.73. The van der Waals surface area contributed by atoms with E-state index in [1.807, 2.05) is 12.1 Å². The minimum atomic E-state index is -0.373. The maximum atomic E-state index is 5.43. The summed E-state index contributed by atoms with van der Waals surface area (Å²) in [4.78, 5) is 12.2. The second-order valence-electron chi connectivity index (χ2n) is 4.84. The van der Waals surface area contributed by atoms with Crippen LogP contribution in [0.4, 0.5) is 0 Å². The summed E-state index contributed by atoms with van der Waals surface area (Å²) in [6.07, 6.45) is 2.06. The van der Waals surface area contributed by atoms with Crippen LogP contribution in [0, 0.1) is 0 Å². The van der Waals surface area contributed by atoms with Gasteiger partial charge in [0, 0.05) is 19.5 Å². The standard InChI is InChI=1S/C14H19N3O/c1-2-7-14(17-8-10-18-11-9-17)15-12-5-3-4-6-13(12)16-14/h3-6H,2,7-11H2,1H3. The zero-order valence-corrected chi connectivity index (χ0v) is 10.8. The molecule has 1 aromatic rings. The molecule has 4 heteroatoms. The van der Waals surface area contributed by atoms with Crippen molar-refractivity contribution in [2.24, 2.45) is 9.98 Å². The summed E-state index contributed by atoms with van der Waals surface area (Å²) >= 11 is 0. The number of rotatable bonds is 3.